The first kappa shape index (κ1) is 17.5. The van der Waals surface area contributed by atoms with E-state index in [1.165, 1.54) is 11.7 Å². The van der Waals surface area contributed by atoms with Crippen molar-refractivity contribution >= 4 is 28.7 Å². The molecule has 2 aromatic rings. The van der Waals surface area contributed by atoms with Crippen LogP contribution in [0.25, 0.3) is 10.9 Å². The number of para-hydroxylation sites is 1. The SMILES string of the molecule is COC(=O)Cn1c(O)c(N=NC(=O)OC(C)(C)C)c2ccccc21. The van der Waals surface area contributed by atoms with Crippen molar-refractivity contribution in [2.45, 2.75) is 32.9 Å². The number of hydrogen-bond donors (Lipinski definition) is 1. The average molecular weight is 333 g/mol. The summed E-state index contributed by atoms with van der Waals surface area (Å²) in [5, 5.41) is 18.2. The summed E-state index contributed by atoms with van der Waals surface area (Å²) in [6.45, 7) is 4.94. The highest BCUT2D eigenvalue weighted by atomic mass is 16.6. The smallest absolute Gasteiger partial charge is 0.452 e. The molecule has 1 amide bonds. The molecule has 1 aromatic carbocycles. The maximum Gasteiger partial charge on any atom is 0.452 e. The van der Waals surface area contributed by atoms with E-state index in [2.05, 4.69) is 15.0 Å². The van der Waals surface area contributed by atoms with Gasteiger partial charge in [0, 0.05) is 5.39 Å². The maximum atomic E-state index is 11.7. The van der Waals surface area contributed by atoms with Gasteiger partial charge in [-0.1, -0.05) is 23.3 Å². The zero-order valence-electron chi connectivity index (χ0n) is 13.9. The number of rotatable bonds is 3. The summed E-state index contributed by atoms with van der Waals surface area (Å²) in [4.78, 5) is 23.2. The second kappa shape index (κ2) is 6.69. The van der Waals surface area contributed by atoms with E-state index in [0.29, 0.717) is 10.9 Å². The van der Waals surface area contributed by atoms with Crippen LogP contribution in [0.1, 0.15) is 20.8 Å². The third kappa shape index (κ3) is 3.89. The number of aromatic hydroxyl groups is 1. The highest BCUT2D eigenvalue weighted by Gasteiger charge is 2.20. The Hall–Kier alpha value is -2.90. The second-order valence-corrected chi connectivity index (χ2v) is 6.03. The number of amides is 1. The van der Waals surface area contributed by atoms with Gasteiger partial charge in [0.05, 0.1) is 12.6 Å². The number of hydrogen-bond acceptors (Lipinski definition) is 6. The van der Waals surface area contributed by atoms with Crippen LogP contribution in [-0.2, 0) is 20.8 Å². The molecule has 0 aliphatic carbocycles. The zero-order chi connectivity index (χ0) is 17.9. The van der Waals surface area contributed by atoms with Gasteiger partial charge in [0.25, 0.3) is 0 Å². The fourth-order valence-electron chi connectivity index (χ4n) is 2.10. The molecule has 8 heteroatoms. The number of carbonyl (C=O) groups is 2. The van der Waals surface area contributed by atoms with E-state index in [9.17, 15) is 14.7 Å². The fraction of sp³-hybridized carbons (Fsp3) is 0.375. The van der Waals surface area contributed by atoms with Crippen LogP contribution in [0.5, 0.6) is 5.88 Å². The Kier molecular flexibility index (Phi) is 4.87. The van der Waals surface area contributed by atoms with Gasteiger partial charge in [0.15, 0.2) is 5.69 Å². The number of esters is 1. The third-order valence-corrected chi connectivity index (χ3v) is 3.06. The molecular weight excluding hydrogens is 314 g/mol. The molecule has 24 heavy (non-hydrogen) atoms. The van der Waals surface area contributed by atoms with Crippen LogP contribution in [0.2, 0.25) is 0 Å². The molecule has 0 saturated carbocycles. The zero-order valence-corrected chi connectivity index (χ0v) is 13.9. The minimum atomic E-state index is -0.869. The maximum absolute atomic E-state index is 11.7. The Morgan fingerprint density at radius 1 is 1.25 bits per heavy atom. The minimum Gasteiger partial charge on any atom is -0.493 e. The van der Waals surface area contributed by atoms with Gasteiger partial charge >= 0.3 is 12.1 Å². The van der Waals surface area contributed by atoms with Crippen LogP contribution in [0.3, 0.4) is 0 Å². The van der Waals surface area contributed by atoms with Crippen molar-refractivity contribution in [3.8, 4) is 5.88 Å². The first-order chi connectivity index (χ1) is 11.2. The summed E-state index contributed by atoms with van der Waals surface area (Å²) in [5.41, 5.74) is -0.0456. The summed E-state index contributed by atoms with van der Waals surface area (Å²) < 4.78 is 11.0. The molecule has 0 spiro atoms. The highest BCUT2D eigenvalue weighted by Crippen LogP contribution is 2.38. The molecule has 1 N–H and O–H groups in total. The van der Waals surface area contributed by atoms with Gasteiger partial charge in [-0.2, -0.15) is 0 Å². The molecule has 128 valence electrons. The summed E-state index contributed by atoms with van der Waals surface area (Å²) in [7, 11) is 1.26. The lowest BCUT2D eigenvalue weighted by molar-refractivity contribution is -0.141. The van der Waals surface area contributed by atoms with E-state index in [1.54, 1.807) is 45.0 Å². The lowest BCUT2D eigenvalue weighted by atomic mass is 10.2. The van der Waals surface area contributed by atoms with Crippen molar-refractivity contribution in [2.24, 2.45) is 10.2 Å². The number of carbonyl (C=O) groups excluding carboxylic acids is 2. The topological polar surface area (TPSA) is 102 Å². The third-order valence-electron chi connectivity index (χ3n) is 3.06. The number of nitrogens with zero attached hydrogens (tertiary/aromatic N) is 3. The van der Waals surface area contributed by atoms with Gasteiger partial charge in [-0.25, -0.2) is 4.79 Å². The van der Waals surface area contributed by atoms with Crippen LogP contribution in [0.4, 0.5) is 10.5 Å². The summed E-state index contributed by atoms with van der Waals surface area (Å²) in [6.07, 6.45) is -0.869. The molecule has 0 aliphatic heterocycles. The summed E-state index contributed by atoms with van der Waals surface area (Å²) in [5.74, 6) is -0.810. The number of azo groups is 1. The van der Waals surface area contributed by atoms with Crippen molar-refractivity contribution in [1.29, 1.82) is 0 Å². The van der Waals surface area contributed by atoms with E-state index in [1.807, 2.05) is 0 Å². The Morgan fingerprint density at radius 3 is 2.54 bits per heavy atom. The molecule has 1 aromatic heterocycles. The molecular formula is C16H19N3O5. The van der Waals surface area contributed by atoms with Gasteiger partial charge in [-0.15, -0.1) is 5.11 Å². The minimum absolute atomic E-state index is 0.0837. The predicted molar refractivity (Wildman–Crippen MR) is 86.4 cm³/mol. The van der Waals surface area contributed by atoms with Gasteiger partial charge in [-0.05, 0) is 26.8 Å². The van der Waals surface area contributed by atoms with Crippen molar-refractivity contribution in [3.63, 3.8) is 0 Å². The number of benzene rings is 1. The van der Waals surface area contributed by atoms with Gasteiger partial charge in [-0.3, -0.25) is 9.36 Å². The average Bonchev–Trinajstić information content (AvgIpc) is 2.76. The van der Waals surface area contributed by atoms with Crippen molar-refractivity contribution in [1.82, 2.24) is 4.57 Å². The van der Waals surface area contributed by atoms with Crippen LogP contribution in [-0.4, -0.2) is 34.4 Å². The number of methoxy groups -OCH3 is 1. The van der Waals surface area contributed by atoms with Gasteiger partial charge in [0.1, 0.15) is 12.1 Å². The fourth-order valence-corrected chi connectivity index (χ4v) is 2.10. The Balaban J connectivity index is 2.42. The predicted octanol–water partition coefficient (Wildman–Crippen LogP) is 3.54. The Bertz CT molecular complexity index is 802. The van der Waals surface area contributed by atoms with E-state index in [4.69, 9.17) is 4.74 Å². The lowest BCUT2D eigenvalue weighted by Gasteiger charge is -2.16. The lowest BCUT2D eigenvalue weighted by Crippen LogP contribution is -2.21. The standard InChI is InChI=1S/C16H19N3O5/c1-16(2,3)24-15(22)18-17-13-10-7-5-6-8-11(10)19(14(13)21)9-12(20)23-4/h5-8,21H,9H2,1-4H3. The molecule has 8 nitrogen and oxygen atoms in total. The van der Waals surface area contributed by atoms with Crippen molar-refractivity contribution in [3.05, 3.63) is 24.3 Å². The van der Waals surface area contributed by atoms with Gasteiger partial charge < -0.3 is 14.6 Å². The molecule has 0 fully saturated rings. The van der Waals surface area contributed by atoms with Crippen molar-refractivity contribution < 1.29 is 24.2 Å². The Labute approximate surface area is 138 Å². The molecule has 2 rings (SSSR count). The van der Waals surface area contributed by atoms with Gasteiger partial charge in [0.2, 0.25) is 5.88 Å². The molecule has 0 atom stereocenters. The summed E-state index contributed by atoms with van der Waals surface area (Å²) >= 11 is 0. The van der Waals surface area contributed by atoms with Crippen LogP contribution >= 0.6 is 0 Å². The Morgan fingerprint density at radius 2 is 1.92 bits per heavy atom. The second-order valence-electron chi connectivity index (χ2n) is 6.03. The molecule has 0 unspecified atom stereocenters. The first-order valence-corrected chi connectivity index (χ1v) is 7.24. The summed E-state index contributed by atoms with van der Waals surface area (Å²) in [6, 6.07) is 6.91. The number of fused-ring (bicyclic) bond motifs is 1. The molecule has 0 radical (unpaired) electrons. The van der Waals surface area contributed by atoms with E-state index in [0.717, 1.165) is 0 Å². The number of aromatic nitrogens is 1. The first-order valence-electron chi connectivity index (χ1n) is 7.24. The highest BCUT2D eigenvalue weighted by molar-refractivity contribution is 5.96. The van der Waals surface area contributed by atoms with Crippen molar-refractivity contribution in [2.75, 3.05) is 7.11 Å². The van der Waals surface area contributed by atoms with E-state index >= 15 is 0 Å². The monoisotopic (exact) mass is 333 g/mol. The van der Waals surface area contributed by atoms with Crippen LogP contribution in [0, 0.1) is 0 Å². The molecule has 0 bridgehead atoms. The number of ether oxygens (including phenoxy) is 2. The largest absolute Gasteiger partial charge is 0.493 e. The van der Waals surface area contributed by atoms with E-state index in [-0.39, 0.29) is 18.1 Å². The molecule has 1 heterocycles. The van der Waals surface area contributed by atoms with Crippen LogP contribution < -0.4 is 0 Å². The quantitative estimate of drug-likeness (QED) is 0.683. The van der Waals surface area contributed by atoms with Crippen LogP contribution in [0.15, 0.2) is 34.5 Å². The molecule has 0 aliphatic rings. The molecule has 0 saturated heterocycles. The van der Waals surface area contributed by atoms with E-state index < -0.39 is 17.7 Å². The normalized spacial score (nSPS) is 11.8.